The molecule has 0 aliphatic carbocycles. The van der Waals surface area contributed by atoms with Crippen molar-refractivity contribution in [3.05, 3.63) is 0 Å². The predicted octanol–water partition coefficient (Wildman–Crippen LogP) is -1.13. The van der Waals surface area contributed by atoms with Crippen molar-refractivity contribution in [1.82, 2.24) is 9.03 Å². The smallest absolute Gasteiger partial charge is 0.307 e. The maximum Gasteiger partial charge on any atom is 0.307 e. The van der Waals surface area contributed by atoms with Gasteiger partial charge in [-0.05, 0) is 6.42 Å². The van der Waals surface area contributed by atoms with Gasteiger partial charge in [-0.2, -0.15) is 17.4 Å². The third-order valence-corrected chi connectivity index (χ3v) is 4.01. The van der Waals surface area contributed by atoms with Crippen molar-refractivity contribution in [2.24, 2.45) is 5.92 Å². The van der Waals surface area contributed by atoms with E-state index in [9.17, 15) is 13.2 Å². The van der Waals surface area contributed by atoms with E-state index in [0.717, 1.165) is 4.31 Å². The van der Waals surface area contributed by atoms with Crippen molar-refractivity contribution in [3.63, 3.8) is 0 Å². The summed E-state index contributed by atoms with van der Waals surface area (Å²) < 4.78 is 31.5. The summed E-state index contributed by atoms with van der Waals surface area (Å²) >= 11 is 0. The van der Waals surface area contributed by atoms with Crippen LogP contribution in [0.4, 0.5) is 0 Å². The number of carboxylic acids is 1. The molecule has 0 amide bonds. The van der Waals surface area contributed by atoms with E-state index in [4.69, 9.17) is 9.84 Å². The maximum absolute atomic E-state index is 11.6. The Morgan fingerprint density at radius 3 is 2.81 bits per heavy atom. The Labute approximate surface area is 94.6 Å². The van der Waals surface area contributed by atoms with Gasteiger partial charge in [0.15, 0.2) is 0 Å². The van der Waals surface area contributed by atoms with Crippen molar-refractivity contribution in [1.29, 1.82) is 0 Å². The first kappa shape index (κ1) is 13.4. The molecule has 7 nitrogen and oxygen atoms in total. The fourth-order valence-electron chi connectivity index (χ4n) is 1.51. The number of methoxy groups -OCH3 is 1. The number of carbonyl (C=O) groups is 1. The molecule has 1 fully saturated rings. The Balaban J connectivity index is 2.48. The number of nitrogens with zero attached hydrogens (tertiary/aromatic N) is 1. The lowest BCUT2D eigenvalue weighted by Crippen LogP contribution is -2.41. The van der Waals surface area contributed by atoms with E-state index in [1.54, 1.807) is 0 Å². The van der Waals surface area contributed by atoms with Gasteiger partial charge in [0.2, 0.25) is 0 Å². The first-order valence-corrected chi connectivity index (χ1v) is 6.38. The van der Waals surface area contributed by atoms with Crippen molar-refractivity contribution in [2.45, 2.75) is 6.42 Å². The molecule has 2 N–H and O–H groups in total. The highest BCUT2D eigenvalue weighted by Gasteiger charge is 2.34. The minimum atomic E-state index is -3.56. The Hall–Kier alpha value is -0.700. The number of rotatable bonds is 6. The molecule has 1 atom stereocenters. The molecule has 1 rings (SSSR count). The van der Waals surface area contributed by atoms with E-state index in [1.807, 2.05) is 0 Å². The summed E-state index contributed by atoms with van der Waals surface area (Å²) in [4.78, 5) is 10.7. The number of hydrogen-bond donors (Lipinski definition) is 2. The highest BCUT2D eigenvalue weighted by molar-refractivity contribution is 7.87. The molecule has 0 aromatic carbocycles. The first-order chi connectivity index (χ1) is 7.47. The number of hydrogen-bond acceptors (Lipinski definition) is 4. The average Bonchev–Trinajstić information content (AvgIpc) is 2.67. The summed E-state index contributed by atoms with van der Waals surface area (Å²) in [5.41, 5.74) is 0. The number of carboxylic acid groups (broad SMARTS) is 1. The van der Waals surface area contributed by atoms with Gasteiger partial charge in [0, 0.05) is 26.7 Å². The molecule has 8 heteroatoms. The molecule has 0 spiro atoms. The monoisotopic (exact) mass is 252 g/mol. The summed E-state index contributed by atoms with van der Waals surface area (Å²) in [6.07, 6.45) is 0.362. The Morgan fingerprint density at radius 2 is 2.31 bits per heavy atom. The van der Waals surface area contributed by atoms with E-state index < -0.39 is 22.1 Å². The molecule has 16 heavy (non-hydrogen) atoms. The highest BCUT2D eigenvalue weighted by Crippen LogP contribution is 2.18. The Morgan fingerprint density at radius 1 is 1.62 bits per heavy atom. The van der Waals surface area contributed by atoms with Gasteiger partial charge in [-0.15, -0.1) is 0 Å². The molecule has 0 aromatic heterocycles. The third kappa shape index (κ3) is 3.41. The van der Waals surface area contributed by atoms with Crippen LogP contribution in [0.5, 0.6) is 0 Å². The molecular formula is C8H16N2O5S. The minimum absolute atomic E-state index is 0.0393. The fourth-order valence-corrected chi connectivity index (χ4v) is 2.76. The van der Waals surface area contributed by atoms with E-state index in [2.05, 4.69) is 4.72 Å². The molecule has 0 radical (unpaired) electrons. The van der Waals surface area contributed by atoms with E-state index in [1.165, 1.54) is 7.11 Å². The summed E-state index contributed by atoms with van der Waals surface area (Å²) in [6.45, 7) is 0.763. The number of nitrogens with one attached hydrogen (secondary N) is 1. The SMILES string of the molecule is COCCNS(=O)(=O)N1CCC(C(=O)O)C1. The molecule has 94 valence electrons. The van der Waals surface area contributed by atoms with Crippen LogP contribution in [0.3, 0.4) is 0 Å². The highest BCUT2D eigenvalue weighted by atomic mass is 32.2. The van der Waals surface area contributed by atoms with Crippen LogP contribution < -0.4 is 4.72 Å². The molecular weight excluding hydrogens is 236 g/mol. The largest absolute Gasteiger partial charge is 0.481 e. The number of aliphatic carboxylic acids is 1. The van der Waals surface area contributed by atoms with Gasteiger partial charge in [0.1, 0.15) is 0 Å². The molecule has 1 heterocycles. The van der Waals surface area contributed by atoms with Crippen LogP contribution in [0, 0.1) is 5.92 Å². The summed E-state index contributed by atoms with van der Waals surface area (Å²) in [5.74, 6) is -1.55. The zero-order valence-electron chi connectivity index (χ0n) is 9.05. The van der Waals surface area contributed by atoms with Gasteiger partial charge in [-0.3, -0.25) is 4.79 Å². The lowest BCUT2D eigenvalue weighted by atomic mass is 10.1. The van der Waals surface area contributed by atoms with Crippen LogP contribution >= 0.6 is 0 Å². The third-order valence-electron chi connectivity index (χ3n) is 2.43. The summed E-state index contributed by atoms with van der Waals surface area (Å²) in [5, 5.41) is 8.75. The van der Waals surface area contributed by atoms with Crippen molar-refractivity contribution in [2.75, 3.05) is 33.4 Å². The zero-order valence-corrected chi connectivity index (χ0v) is 9.87. The van der Waals surface area contributed by atoms with Crippen LogP contribution in [0.1, 0.15) is 6.42 Å². The topological polar surface area (TPSA) is 95.9 Å². The quantitative estimate of drug-likeness (QED) is 0.583. The van der Waals surface area contributed by atoms with Crippen LogP contribution in [0.15, 0.2) is 0 Å². The second-order valence-electron chi connectivity index (χ2n) is 3.57. The van der Waals surface area contributed by atoms with Gasteiger partial charge in [-0.1, -0.05) is 0 Å². The molecule has 0 aromatic rings. The number of ether oxygens (including phenoxy) is 1. The lowest BCUT2D eigenvalue weighted by Gasteiger charge is -2.16. The van der Waals surface area contributed by atoms with Gasteiger partial charge >= 0.3 is 5.97 Å². The Bertz CT molecular complexity index is 342. The zero-order chi connectivity index (χ0) is 12.2. The molecule has 1 saturated heterocycles. The molecule has 1 unspecified atom stereocenters. The summed E-state index contributed by atoms with van der Waals surface area (Å²) in [7, 11) is -2.08. The minimum Gasteiger partial charge on any atom is -0.481 e. The van der Waals surface area contributed by atoms with Gasteiger partial charge in [0.25, 0.3) is 10.2 Å². The van der Waals surface area contributed by atoms with E-state index in [-0.39, 0.29) is 26.2 Å². The fraction of sp³-hybridized carbons (Fsp3) is 0.875. The van der Waals surface area contributed by atoms with Gasteiger partial charge < -0.3 is 9.84 Å². The standard InChI is InChI=1S/C8H16N2O5S/c1-15-5-3-9-16(13,14)10-4-2-7(6-10)8(11)12/h7,9H,2-6H2,1H3,(H,11,12). The predicted molar refractivity (Wildman–Crippen MR) is 56.1 cm³/mol. The normalized spacial score (nSPS) is 22.4. The van der Waals surface area contributed by atoms with E-state index >= 15 is 0 Å². The van der Waals surface area contributed by atoms with E-state index in [0.29, 0.717) is 6.42 Å². The molecule has 0 saturated carbocycles. The molecule has 1 aliphatic rings. The van der Waals surface area contributed by atoms with Crippen LogP contribution in [0.25, 0.3) is 0 Å². The van der Waals surface area contributed by atoms with Crippen LogP contribution in [-0.2, 0) is 19.7 Å². The second kappa shape index (κ2) is 5.58. The van der Waals surface area contributed by atoms with Crippen LogP contribution in [-0.4, -0.2) is 57.1 Å². The summed E-state index contributed by atoms with van der Waals surface area (Å²) in [6, 6.07) is 0. The van der Waals surface area contributed by atoms with Crippen molar-refractivity contribution in [3.8, 4) is 0 Å². The molecule has 1 aliphatic heterocycles. The first-order valence-electron chi connectivity index (χ1n) is 4.94. The average molecular weight is 252 g/mol. The van der Waals surface area contributed by atoms with Crippen molar-refractivity contribution < 1.29 is 23.1 Å². The second-order valence-corrected chi connectivity index (χ2v) is 5.33. The maximum atomic E-state index is 11.6. The lowest BCUT2D eigenvalue weighted by molar-refractivity contribution is -0.141. The molecule has 0 bridgehead atoms. The van der Waals surface area contributed by atoms with Crippen LogP contribution in [0.2, 0.25) is 0 Å². The van der Waals surface area contributed by atoms with Gasteiger partial charge in [0.05, 0.1) is 12.5 Å². The Kier molecular flexibility index (Phi) is 4.66. The van der Waals surface area contributed by atoms with Crippen molar-refractivity contribution >= 4 is 16.2 Å². The van der Waals surface area contributed by atoms with Gasteiger partial charge in [-0.25, -0.2) is 0 Å².